The van der Waals surface area contributed by atoms with Crippen LogP contribution in [0.2, 0.25) is 0 Å². The lowest BCUT2D eigenvalue weighted by Gasteiger charge is -2.14. The Balaban J connectivity index is 2.06. The van der Waals surface area contributed by atoms with E-state index in [1.165, 1.54) is 23.9 Å². The Labute approximate surface area is 155 Å². The summed E-state index contributed by atoms with van der Waals surface area (Å²) >= 11 is 1.31. The molecule has 0 atom stereocenters. The fourth-order valence-electron chi connectivity index (χ4n) is 2.97. The Bertz CT molecular complexity index is 874. The second-order valence-electron chi connectivity index (χ2n) is 6.38. The number of pyridine rings is 1. The molecule has 0 bridgehead atoms. The summed E-state index contributed by atoms with van der Waals surface area (Å²) in [7, 11) is 0. The average Bonchev–Trinajstić information content (AvgIpc) is 2.92. The Morgan fingerprint density at radius 2 is 1.77 bits per heavy atom. The summed E-state index contributed by atoms with van der Waals surface area (Å²) in [4.78, 5) is 4.51. The van der Waals surface area contributed by atoms with Crippen molar-refractivity contribution in [3.8, 4) is 0 Å². The Hall–Kier alpha value is -2.18. The first kappa shape index (κ1) is 18.6. The van der Waals surface area contributed by atoms with Crippen LogP contribution in [0.5, 0.6) is 0 Å². The van der Waals surface area contributed by atoms with E-state index in [-0.39, 0.29) is 12.5 Å². The van der Waals surface area contributed by atoms with Crippen molar-refractivity contribution in [3.63, 3.8) is 0 Å². The third-order valence-electron chi connectivity index (χ3n) is 4.05. The summed E-state index contributed by atoms with van der Waals surface area (Å²) < 4.78 is 29.2. The quantitative estimate of drug-likeness (QED) is 0.661. The van der Waals surface area contributed by atoms with Gasteiger partial charge in [0, 0.05) is 36.1 Å². The van der Waals surface area contributed by atoms with E-state index in [2.05, 4.69) is 4.98 Å². The minimum atomic E-state index is -0.604. The lowest BCUT2D eigenvalue weighted by Crippen LogP contribution is -2.01. The molecule has 1 N–H and O–H groups in total. The molecule has 1 aromatic carbocycles. The number of nitrogens with zero attached hydrogens (tertiary/aromatic N) is 2. The molecule has 3 nitrogen and oxygen atoms in total. The summed E-state index contributed by atoms with van der Waals surface area (Å²) in [6.07, 6.45) is 5.36. The van der Waals surface area contributed by atoms with Crippen LogP contribution in [0.1, 0.15) is 36.5 Å². The van der Waals surface area contributed by atoms with Crippen LogP contribution in [0, 0.1) is 11.6 Å². The van der Waals surface area contributed by atoms with Crippen LogP contribution in [0.25, 0.3) is 0 Å². The second-order valence-corrected chi connectivity index (χ2v) is 7.44. The first-order valence-corrected chi connectivity index (χ1v) is 9.15. The molecule has 0 unspecified atom stereocenters. The maximum absolute atomic E-state index is 13.6. The van der Waals surface area contributed by atoms with Crippen molar-refractivity contribution in [2.24, 2.45) is 0 Å². The van der Waals surface area contributed by atoms with Gasteiger partial charge in [-0.25, -0.2) is 8.78 Å². The molecule has 3 rings (SSSR count). The van der Waals surface area contributed by atoms with Crippen LogP contribution in [0.15, 0.2) is 58.8 Å². The van der Waals surface area contributed by atoms with Gasteiger partial charge in [-0.05, 0) is 46.9 Å². The fourth-order valence-corrected chi connectivity index (χ4v) is 4.24. The van der Waals surface area contributed by atoms with E-state index in [0.717, 1.165) is 27.8 Å². The topological polar surface area (TPSA) is 38.0 Å². The van der Waals surface area contributed by atoms with E-state index in [1.807, 2.05) is 36.7 Å². The SMILES string of the molecule is CC(C)c1c(CO)cn(Cc2ccncc2)c1Sc1cc(F)cc(F)c1. The van der Waals surface area contributed by atoms with Gasteiger partial charge in [0.1, 0.15) is 11.6 Å². The standard InChI is InChI=1S/C20H20F2N2OS/c1-13(2)19-15(12-25)11-24(10-14-3-5-23-6-4-14)20(19)26-18-8-16(21)7-17(22)9-18/h3-9,11,13,25H,10,12H2,1-2H3. The summed E-state index contributed by atoms with van der Waals surface area (Å²) in [6.45, 7) is 4.59. The third-order valence-corrected chi connectivity index (χ3v) is 5.17. The highest BCUT2D eigenvalue weighted by Crippen LogP contribution is 2.38. The molecule has 0 fully saturated rings. The fraction of sp³-hybridized carbons (Fsp3) is 0.250. The van der Waals surface area contributed by atoms with Crippen molar-refractivity contribution < 1.29 is 13.9 Å². The lowest BCUT2D eigenvalue weighted by molar-refractivity contribution is 0.280. The van der Waals surface area contributed by atoms with Gasteiger partial charge in [-0.2, -0.15) is 0 Å². The van der Waals surface area contributed by atoms with E-state index < -0.39 is 11.6 Å². The molecule has 0 radical (unpaired) electrons. The third kappa shape index (κ3) is 4.14. The number of hydrogen-bond donors (Lipinski definition) is 1. The summed E-state index contributed by atoms with van der Waals surface area (Å²) in [5, 5.41) is 10.7. The summed E-state index contributed by atoms with van der Waals surface area (Å²) in [5.41, 5.74) is 2.88. The maximum Gasteiger partial charge on any atom is 0.127 e. The largest absolute Gasteiger partial charge is 0.392 e. The highest BCUT2D eigenvalue weighted by atomic mass is 32.2. The van der Waals surface area contributed by atoms with E-state index in [1.54, 1.807) is 12.4 Å². The molecule has 0 amide bonds. The van der Waals surface area contributed by atoms with Crippen LogP contribution in [-0.4, -0.2) is 14.7 Å². The number of benzene rings is 1. The Kier molecular flexibility index (Phi) is 5.74. The molecule has 0 aliphatic rings. The van der Waals surface area contributed by atoms with Gasteiger partial charge >= 0.3 is 0 Å². The van der Waals surface area contributed by atoms with Crippen LogP contribution in [0.3, 0.4) is 0 Å². The van der Waals surface area contributed by atoms with E-state index >= 15 is 0 Å². The predicted octanol–water partition coefficient (Wildman–Crippen LogP) is 4.98. The van der Waals surface area contributed by atoms with Crippen LogP contribution in [-0.2, 0) is 13.2 Å². The molecule has 0 aliphatic carbocycles. The first-order valence-electron chi connectivity index (χ1n) is 8.33. The number of aliphatic hydroxyl groups excluding tert-OH is 1. The van der Waals surface area contributed by atoms with Crippen molar-refractivity contribution in [3.05, 3.63) is 77.2 Å². The van der Waals surface area contributed by atoms with Crippen LogP contribution in [0.4, 0.5) is 8.78 Å². The summed E-state index contributed by atoms with van der Waals surface area (Å²) in [6, 6.07) is 7.34. The van der Waals surface area contributed by atoms with Gasteiger partial charge in [-0.15, -0.1) is 0 Å². The number of halogens is 2. The summed E-state index contributed by atoms with van der Waals surface area (Å²) in [5.74, 6) is -1.04. The van der Waals surface area contributed by atoms with Gasteiger partial charge in [0.15, 0.2) is 0 Å². The zero-order valence-corrected chi connectivity index (χ0v) is 15.4. The van der Waals surface area contributed by atoms with Gasteiger partial charge in [-0.1, -0.05) is 25.6 Å². The molecular formula is C20H20F2N2OS. The van der Waals surface area contributed by atoms with Gasteiger partial charge in [0.05, 0.1) is 11.6 Å². The smallest absolute Gasteiger partial charge is 0.127 e. The van der Waals surface area contributed by atoms with Crippen molar-refractivity contribution in [1.82, 2.24) is 9.55 Å². The van der Waals surface area contributed by atoms with Gasteiger partial charge in [-0.3, -0.25) is 4.98 Å². The number of aliphatic hydroxyl groups is 1. The number of rotatable bonds is 6. The average molecular weight is 374 g/mol. The molecule has 0 saturated heterocycles. The van der Waals surface area contributed by atoms with E-state index in [0.29, 0.717) is 11.4 Å². The molecule has 136 valence electrons. The minimum Gasteiger partial charge on any atom is -0.392 e. The van der Waals surface area contributed by atoms with Gasteiger partial charge in [0.2, 0.25) is 0 Å². The highest BCUT2D eigenvalue weighted by molar-refractivity contribution is 7.99. The molecule has 0 spiro atoms. The van der Waals surface area contributed by atoms with Crippen molar-refractivity contribution in [1.29, 1.82) is 0 Å². The maximum atomic E-state index is 13.6. The van der Waals surface area contributed by atoms with Crippen molar-refractivity contribution >= 4 is 11.8 Å². The molecule has 6 heteroatoms. The molecule has 0 saturated carbocycles. The van der Waals surface area contributed by atoms with Gasteiger partial charge in [0.25, 0.3) is 0 Å². The van der Waals surface area contributed by atoms with Crippen molar-refractivity contribution in [2.75, 3.05) is 0 Å². The van der Waals surface area contributed by atoms with E-state index in [4.69, 9.17) is 0 Å². The predicted molar refractivity (Wildman–Crippen MR) is 98.3 cm³/mol. The van der Waals surface area contributed by atoms with Crippen LogP contribution >= 0.6 is 11.8 Å². The lowest BCUT2D eigenvalue weighted by atomic mass is 10.0. The molecule has 26 heavy (non-hydrogen) atoms. The van der Waals surface area contributed by atoms with E-state index in [9.17, 15) is 13.9 Å². The Morgan fingerprint density at radius 3 is 2.35 bits per heavy atom. The highest BCUT2D eigenvalue weighted by Gasteiger charge is 2.20. The minimum absolute atomic E-state index is 0.0814. The van der Waals surface area contributed by atoms with Crippen molar-refractivity contribution in [2.45, 2.75) is 42.8 Å². The molecule has 2 aromatic heterocycles. The molecule has 0 aliphatic heterocycles. The molecule has 3 aromatic rings. The number of hydrogen-bond acceptors (Lipinski definition) is 3. The number of aromatic nitrogens is 2. The van der Waals surface area contributed by atoms with Crippen LogP contribution < -0.4 is 0 Å². The zero-order chi connectivity index (χ0) is 18.7. The normalized spacial score (nSPS) is 11.3. The molecule has 2 heterocycles. The molecular weight excluding hydrogens is 354 g/mol. The Morgan fingerprint density at radius 1 is 1.12 bits per heavy atom. The van der Waals surface area contributed by atoms with Gasteiger partial charge < -0.3 is 9.67 Å². The first-order chi connectivity index (χ1) is 12.5. The monoisotopic (exact) mass is 374 g/mol. The zero-order valence-electron chi connectivity index (χ0n) is 14.6. The second kappa shape index (κ2) is 8.01.